The molecule has 0 amide bonds. The Morgan fingerprint density at radius 1 is 1.31 bits per heavy atom. The van der Waals surface area contributed by atoms with Gasteiger partial charge in [0.1, 0.15) is 0 Å². The maximum absolute atomic E-state index is 4.15. The first kappa shape index (κ1) is 11.6. The number of nitrogens with one attached hydrogen (secondary N) is 1. The topological polar surface area (TPSA) is 33.1 Å². The van der Waals surface area contributed by atoms with Crippen molar-refractivity contribution >= 4 is 0 Å². The van der Waals surface area contributed by atoms with Crippen LogP contribution in [0, 0.1) is 0 Å². The minimum absolute atomic E-state index is 0.932. The van der Waals surface area contributed by atoms with Crippen LogP contribution in [0.2, 0.25) is 0 Å². The molecule has 1 aromatic rings. The molecule has 4 nitrogen and oxygen atoms in total. The number of nitrogens with zero attached hydrogens (tertiary/aromatic N) is 3. The van der Waals surface area contributed by atoms with Gasteiger partial charge in [0.2, 0.25) is 0 Å². The average Bonchev–Trinajstić information content (AvgIpc) is 2.72. The Kier molecular flexibility index (Phi) is 4.36. The summed E-state index contributed by atoms with van der Waals surface area (Å²) >= 11 is 0. The Bertz CT molecular complexity index is 302. The summed E-state index contributed by atoms with van der Waals surface area (Å²) in [6, 6.07) is 0. The number of rotatable bonds is 5. The largest absolute Gasteiger partial charge is 0.311 e. The van der Waals surface area contributed by atoms with Crippen molar-refractivity contribution in [3.05, 3.63) is 18.0 Å². The average molecular weight is 222 g/mol. The Morgan fingerprint density at radius 3 is 2.81 bits per heavy atom. The molecule has 1 fully saturated rings. The summed E-state index contributed by atoms with van der Waals surface area (Å²) in [5.74, 6) is 0. The molecular formula is C12H22N4. The highest BCUT2D eigenvalue weighted by molar-refractivity contribution is 5.02. The fourth-order valence-electron chi connectivity index (χ4n) is 2.22. The highest BCUT2D eigenvalue weighted by Gasteiger charge is 2.08. The zero-order valence-corrected chi connectivity index (χ0v) is 10.2. The minimum atomic E-state index is 0.932. The third-order valence-corrected chi connectivity index (χ3v) is 3.14. The van der Waals surface area contributed by atoms with Gasteiger partial charge in [-0.15, -0.1) is 0 Å². The van der Waals surface area contributed by atoms with Gasteiger partial charge in [0.05, 0.1) is 6.20 Å². The number of hydrogen-bond acceptors (Lipinski definition) is 3. The summed E-state index contributed by atoms with van der Waals surface area (Å²) in [6.45, 7) is 5.76. The van der Waals surface area contributed by atoms with Crippen LogP contribution < -0.4 is 5.32 Å². The van der Waals surface area contributed by atoms with Crippen molar-refractivity contribution in [2.45, 2.75) is 25.8 Å². The van der Waals surface area contributed by atoms with Gasteiger partial charge in [-0.3, -0.25) is 4.68 Å². The summed E-state index contributed by atoms with van der Waals surface area (Å²) in [6.07, 6.45) is 8.16. The lowest BCUT2D eigenvalue weighted by Gasteiger charge is -2.26. The molecule has 0 saturated carbocycles. The maximum Gasteiger partial charge on any atom is 0.0534 e. The monoisotopic (exact) mass is 222 g/mol. The molecular weight excluding hydrogens is 200 g/mol. The predicted molar refractivity (Wildman–Crippen MR) is 65.2 cm³/mol. The molecule has 0 spiro atoms. The second-order valence-corrected chi connectivity index (χ2v) is 4.60. The van der Waals surface area contributed by atoms with Gasteiger partial charge in [0.15, 0.2) is 0 Å². The van der Waals surface area contributed by atoms with E-state index >= 15 is 0 Å². The highest BCUT2D eigenvalue weighted by Crippen LogP contribution is 2.07. The Hall–Kier alpha value is -0.870. The molecule has 0 aliphatic carbocycles. The Labute approximate surface area is 97.6 Å². The molecule has 1 aliphatic rings. The van der Waals surface area contributed by atoms with E-state index in [1.165, 1.54) is 44.5 Å². The lowest BCUT2D eigenvalue weighted by molar-refractivity contribution is 0.229. The zero-order chi connectivity index (χ0) is 11.2. The lowest BCUT2D eigenvalue weighted by Crippen LogP contribution is -2.35. The minimum Gasteiger partial charge on any atom is -0.311 e. The SMILES string of the molecule is Cn1cc(CNCCN2CCCCC2)cn1. The number of likely N-dealkylation sites (tertiary alicyclic amines) is 1. The van der Waals surface area contributed by atoms with Crippen molar-refractivity contribution in [2.75, 3.05) is 26.2 Å². The second-order valence-electron chi connectivity index (χ2n) is 4.60. The molecule has 1 aromatic heterocycles. The lowest BCUT2D eigenvalue weighted by atomic mass is 10.1. The molecule has 0 bridgehead atoms. The molecule has 0 atom stereocenters. The first-order valence-electron chi connectivity index (χ1n) is 6.25. The summed E-state index contributed by atoms with van der Waals surface area (Å²) < 4.78 is 1.85. The van der Waals surface area contributed by atoms with Crippen molar-refractivity contribution in [1.82, 2.24) is 20.0 Å². The quantitative estimate of drug-likeness (QED) is 0.754. The fourth-order valence-corrected chi connectivity index (χ4v) is 2.22. The summed E-state index contributed by atoms with van der Waals surface area (Å²) in [7, 11) is 1.96. The van der Waals surface area contributed by atoms with Crippen LogP contribution in [0.15, 0.2) is 12.4 Å². The van der Waals surface area contributed by atoms with E-state index in [0.717, 1.165) is 13.1 Å². The fraction of sp³-hybridized carbons (Fsp3) is 0.750. The van der Waals surface area contributed by atoms with Crippen LogP contribution in [-0.2, 0) is 13.6 Å². The first-order valence-corrected chi connectivity index (χ1v) is 6.25. The second kappa shape index (κ2) is 6.01. The van der Waals surface area contributed by atoms with Gasteiger partial charge >= 0.3 is 0 Å². The van der Waals surface area contributed by atoms with Gasteiger partial charge in [-0.05, 0) is 25.9 Å². The molecule has 2 rings (SSSR count). The van der Waals surface area contributed by atoms with Crippen LogP contribution in [-0.4, -0.2) is 40.9 Å². The number of aryl methyl sites for hydroxylation is 1. The molecule has 16 heavy (non-hydrogen) atoms. The molecule has 4 heteroatoms. The molecule has 1 saturated heterocycles. The molecule has 0 aromatic carbocycles. The maximum atomic E-state index is 4.15. The number of hydrogen-bond donors (Lipinski definition) is 1. The van der Waals surface area contributed by atoms with Crippen molar-refractivity contribution in [2.24, 2.45) is 7.05 Å². The van der Waals surface area contributed by atoms with Gasteiger partial charge in [0, 0.05) is 38.4 Å². The van der Waals surface area contributed by atoms with Crippen LogP contribution >= 0.6 is 0 Å². The van der Waals surface area contributed by atoms with E-state index in [1.54, 1.807) is 0 Å². The molecule has 0 unspecified atom stereocenters. The third kappa shape index (κ3) is 3.61. The van der Waals surface area contributed by atoms with E-state index in [9.17, 15) is 0 Å². The van der Waals surface area contributed by atoms with E-state index in [-0.39, 0.29) is 0 Å². The molecule has 1 N–H and O–H groups in total. The van der Waals surface area contributed by atoms with Crippen LogP contribution in [0.4, 0.5) is 0 Å². The van der Waals surface area contributed by atoms with Crippen molar-refractivity contribution < 1.29 is 0 Å². The predicted octanol–water partition coefficient (Wildman–Crippen LogP) is 0.996. The van der Waals surface area contributed by atoms with Crippen LogP contribution in [0.3, 0.4) is 0 Å². The van der Waals surface area contributed by atoms with Gasteiger partial charge in [-0.1, -0.05) is 6.42 Å². The van der Waals surface area contributed by atoms with Gasteiger partial charge in [-0.2, -0.15) is 5.10 Å². The highest BCUT2D eigenvalue weighted by atomic mass is 15.2. The standard InChI is InChI=1S/C12H22N4/c1-15-11-12(10-14-15)9-13-5-8-16-6-3-2-4-7-16/h10-11,13H,2-9H2,1H3. The summed E-state index contributed by atoms with van der Waals surface area (Å²) in [4.78, 5) is 2.56. The third-order valence-electron chi connectivity index (χ3n) is 3.14. The van der Waals surface area contributed by atoms with Gasteiger partial charge < -0.3 is 10.2 Å². The van der Waals surface area contributed by atoms with Crippen molar-refractivity contribution in [1.29, 1.82) is 0 Å². The summed E-state index contributed by atoms with van der Waals surface area (Å²) in [5.41, 5.74) is 1.26. The molecule has 2 heterocycles. The van der Waals surface area contributed by atoms with Crippen molar-refractivity contribution in [3.63, 3.8) is 0 Å². The van der Waals surface area contributed by atoms with E-state index in [1.807, 2.05) is 17.9 Å². The first-order chi connectivity index (χ1) is 7.84. The normalized spacial score (nSPS) is 17.8. The van der Waals surface area contributed by atoms with Crippen LogP contribution in [0.1, 0.15) is 24.8 Å². The van der Waals surface area contributed by atoms with E-state index in [2.05, 4.69) is 21.5 Å². The van der Waals surface area contributed by atoms with Crippen LogP contribution in [0.25, 0.3) is 0 Å². The van der Waals surface area contributed by atoms with Crippen molar-refractivity contribution in [3.8, 4) is 0 Å². The number of aromatic nitrogens is 2. The van der Waals surface area contributed by atoms with E-state index < -0.39 is 0 Å². The van der Waals surface area contributed by atoms with E-state index in [4.69, 9.17) is 0 Å². The Balaban J connectivity index is 1.57. The summed E-state index contributed by atoms with van der Waals surface area (Å²) in [5, 5.41) is 7.62. The molecule has 90 valence electrons. The molecule has 1 aliphatic heterocycles. The smallest absolute Gasteiger partial charge is 0.0534 e. The van der Waals surface area contributed by atoms with E-state index in [0.29, 0.717) is 0 Å². The molecule has 0 radical (unpaired) electrons. The number of piperidine rings is 1. The van der Waals surface area contributed by atoms with Gasteiger partial charge in [0.25, 0.3) is 0 Å². The van der Waals surface area contributed by atoms with Crippen LogP contribution in [0.5, 0.6) is 0 Å². The zero-order valence-electron chi connectivity index (χ0n) is 10.2. The Morgan fingerprint density at radius 2 is 2.12 bits per heavy atom. The van der Waals surface area contributed by atoms with Gasteiger partial charge in [-0.25, -0.2) is 0 Å².